The van der Waals surface area contributed by atoms with Crippen molar-refractivity contribution in [2.75, 3.05) is 0 Å². The second kappa shape index (κ2) is 4.03. The topological polar surface area (TPSA) is 20.2 Å². The SMILES string of the molecule is C=C1CCC(C(C)C)C2=CC(C)(O)CCC12. The van der Waals surface area contributed by atoms with Crippen molar-refractivity contribution < 1.29 is 5.11 Å². The Morgan fingerprint density at radius 1 is 1.44 bits per heavy atom. The molecule has 1 nitrogen and oxygen atoms in total. The molecule has 0 bridgehead atoms. The van der Waals surface area contributed by atoms with Gasteiger partial charge in [0.2, 0.25) is 0 Å². The van der Waals surface area contributed by atoms with Crippen molar-refractivity contribution in [3.05, 3.63) is 23.8 Å². The van der Waals surface area contributed by atoms with Gasteiger partial charge in [0.05, 0.1) is 5.60 Å². The summed E-state index contributed by atoms with van der Waals surface area (Å²) in [5.41, 5.74) is 2.28. The summed E-state index contributed by atoms with van der Waals surface area (Å²) in [5.74, 6) is 1.89. The third-order valence-electron chi connectivity index (χ3n) is 4.32. The minimum atomic E-state index is -0.587. The average Bonchev–Trinajstić information content (AvgIpc) is 2.15. The third-order valence-corrected chi connectivity index (χ3v) is 4.32. The number of fused-ring (bicyclic) bond motifs is 1. The zero-order valence-corrected chi connectivity index (χ0v) is 10.8. The number of hydrogen-bond acceptors (Lipinski definition) is 1. The first-order valence-electron chi connectivity index (χ1n) is 6.53. The predicted octanol–water partition coefficient (Wildman–Crippen LogP) is 3.70. The highest BCUT2D eigenvalue weighted by Gasteiger charge is 2.37. The summed E-state index contributed by atoms with van der Waals surface area (Å²) in [7, 11) is 0. The van der Waals surface area contributed by atoms with Crippen LogP contribution in [-0.2, 0) is 0 Å². The average molecular weight is 220 g/mol. The maximum absolute atomic E-state index is 10.2. The van der Waals surface area contributed by atoms with Gasteiger partial charge in [0.15, 0.2) is 0 Å². The van der Waals surface area contributed by atoms with Crippen molar-refractivity contribution in [1.29, 1.82) is 0 Å². The number of rotatable bonds is 1. The molecular formula is C15H24O. The third kappa shape index (κ3) is 2.10. The van der Waals surface area contributed by atoms with Crippen LogP contribution in [0.25, 0.3) is 0 Å². The Bertz CT molecular complexity index is 322. The first-order valence-corrected chi connectivity index (χ1v) is 6.53. The molecule has 0 aromatic carbocycles. The van der Waals surface area contributed by atoms with E-state index in [1.807, 2.05) is 6.92 Å². The monoisotopic (exact) mass is 220 g/mol. The van der Waals surface area contributed by atoms with Gasteiger partial charge in [-0.3, -0.25) is 0 Å². The van der Waals surface area contributed by atoms with Gasteiger partial charge in [-0.25, -0.2) is 0 Å². The fourth-order valence-electron chi connectivity index (χ4n) is 3.34. The first kappa shape index (κ1) is 11.9. The Morgan fingerprint density at radius 3 is 2.75 bits per heavy atom. The van der Waals surface area contributed by atoms with Crippen LogP contribution in [0.5, 0.6) is 0 Å². The van der Waals surface area contributed by atoms with Crippen LogP contribution < -0.4 is 0 Å². The molecule has 1 heteroatoms. The molecule has 2 aliphatic carbocycles. The van der Waals surface area contributed by atoms with Crippen molar-refractivity contribution in [2.45, 2.75) is 52.1 Å². The van der Waals surface area contributed by atoms with Crippen LogP contribution in [0.2, 0.25) is 0 Å². The van der Waals surface area contributed by atoms with Crippen molar-refractivity contribution in [3.8, 4) is 0 Å². The van der Waals surface area contributed by atoms with E-state index in [9.17, 15) is 5.11 Å². The number of hydrogen-bond donors (Lipinski definition) is 1. The normalized spacial score (nSPS) is 39.6. The Kier molecular flexibility index (Phi) is 3.00. The molecule has 3 atom stereocenters. The van der Waals surface area contributed by atoms with Crippen LogP contribution in [0.1, 0.15) is 46.5 Å². The largest absolute Gasteiger partial charge is 0.386 e. The van der Waals surface area contributed by atoms with E-state index in [-0.39, 0.29) is 0 Å². The smallest absolute Gasteiger partial charge is 0.0802 e. The van der Waals surface area contributed by atoms with Crippen molar-refractivity contribution in [3.63, 3.8) is 0 Å². The molecule has 0 heterocycles. The summed E-state index contributed by atoms with van der Waals surface area (Å²) in [4.78, 5) is 0. The van der Waals surface area contributed by atoms with Crippen LogP contribution in [0.3, 0.4) is 0 Å². The van der Waals surface area contributed by atoms with Gasteiger partial charge in [0.25, 0.3) is 0 Å². The zero-order chi connectivity index (χ0) is 11.9. The molecule has 0 aromatic heterocycles. The quantitative estimate of drug-likeness (QED) is 0.668. The molecule has 0 radical (unpaired) electrons. The van der Waals surface area contributed by atoms with E-state index >= 15 is 0 Å². The van der Waals surface area contributed by atoms with Gasteiger partial charge in [-0.2, -0.15) is 0 Å². The van der Waals surface area contributed by atoms with E-state index in [2.05, 4.69) is 26.5 Å². The van der Waals surface area contributed by atoms with Gasteiger partial charge in [-0.05, 0) is 44.4 Å². The predicted molar refractivity (Wildman–Crippen MR) is 68.1 cm³/mol. The minimum absolute atomic E-state index is 0.557. The summed E-state index contributed by atoms with van der Waals surface area (Å²) in [6, 6.07) is 0. The van der Waals surface area contributed by atoms with Crippen LogP contribution in [0, 0.1) is 17.8 Å². The van der Waals surface area contributed by atoms with E-state index in [4.69, 9.17) is 0 Å². The summed E-state index contributed by atoms with van der Waals surface area (Å²) in [6.07, 6.45) is 6.49. The first-order chi connectivity index (χ1) is 7.41. The molecule has 16 heavy (non-hydrogen) atoms. The molecule has 3 unspecified atom stereocenters. The molecule has 2 aliphatic rings. The molecule has 0 aromatic rings. The summed E-state index contributed by atoms with van der Waals surface area (Å²) in [6.45, 7) is 10.7. The molecule has 90 valence electrons. The Labute approximate surface area is 99.3 Å². The van der Waals surface area contributed by atoms with Crippen molar-refractivity contribution in [1.82, 2.24) is 0 Å². The fraction of sp³-hybridized carbons (Fsp3) is 0.733. The van der Waals surface area contributed by atoms with E-state index in [1.54, 1.807) is 0 Å². The van der Waals surface area contributed by atoms with E-state index in [1.165, 1.54) is 24.0 Å². The summed E-state index contributed by atoms with van der Waals surface area (Å²) >= 11 is 0. The van der Waals surface area contributed by atoms with Gasteiger partial charge in [-0.1, -0.05) is 37.6 Å². The maximum atomic E-state index is 10.2. The van der Waals surface area contributed by atoms with Crippen LogP contribution in [0.15, 0.2) is 23.8 Å². The molecule has 0 spiro atoms. The van der Waals surface area contributed by atoms with Crippen LogP contribution >= 0.6 is 0 Å². The summed E-state index contributed by atoms with van der Waals surface area (Å²) < 4.78 is 0. The van der Waals surface area contributed by atoms with Gasteiger partial charge in [0.1, 0.15) is 0 Å². The van der Waals surface area contributed by atoms with E-state index < -0.39 is 5.60 Å². The molecule has 1 N–H and O–H groups in total. The lowest BCUT2D eigenvalue weighted by atomic mass is 9.64. The molecule has 2 rings (SSSR count). The Balaban J connectivity index is 2.34. The van der Waals surface area contributed by atoms with Gasteiger partial charge >= 0.3 is 0 Å². The molecule has 1 saturated carbocycles. The van der Waals surface area contributed by atoms with E-state index in [0.717, 1.165) is 12.8 Å². The second-order valence-corrected chi connectivity index (χ2v) is 6.14. The second-order valence-electron chi connectivity index (χ2n) is 6.14. The minimum Gasteiger partial charge on any atom is -0.386 e. The van der Waals surface area contributed by atoms with Gasteiger partial charge in [-0.15, -0.1) is 0 Å². The fourth-order valence-corrected chi connectivity index (χ4v) is 3.34. The highest BCUT2D eigenvalue weighted by atomic mass is 16.3. The lowest BCUT2D eigenvalue weighted by molar-refractivity contribution is 0.0822. The standard InChI is InChI=1S/C15H24O/c1-10(2)12-6-5-11(3)13-7-8-15(4,16)9-14(12)13/h9-10,12-13,16H,3,5-8H2,1-2,4H3. The Morgan fingerprint density at radius 2 is 2.12 bits per heavy atom. The number of aliphatic hydroxyl groups is 1. The molecule has 0 aliphatic heterocycles. The van der Waals surface area contributed by atoms with Crippen molar-refractivity contribution in [2.24, 2.45) is 17.8 Å². The highest BCUT2D eigenvalue weighted by molar-refractivity contribution is 5.31. The lowest BCUT2D eigenvalue weighted by Crippen LogP contribution is -2.34. The van der Waals surface area contributed by atoms with Crippen LogP contribution in [0.4, 0.5) is 0 Å². The molecule has 1 fully saturated rings. The Hall–Kier alpha value is -0.560. The molecular weight excluding hydrogens is 196 g/mol. The zero-order valence-electron chi connectivity index (χ0n) is 10.8. The maximum Gasteiger partial charge on any atom is 0.0802 e. The van der Waals surface area contributed by atoms with Gasteiger partial charge < -0.3 is 5.11 Å². The van der Waals surface area contributed by atoms with Crippen molar-refractivity contribution >= 4 is 0 Å². The highest BCUT2D eigenvalue weighted by Crippen LogP contribution is 2.47. The molecule has 0 saturated heterocycles. The van der Waals surface area contributed by atoms with E-state index in [0.29, 0.717) is 17.8 Å². The number of allylic oxidation sites excluding steroid dienone is 2. The summed E-state index contributed by atoms with van der Waals surface area (Å²) in [5, 5.41) is 10.2. The molecule has 0 amide bonds. The lowest BCUT2D eigenvalue weighted by Gasteiger charge is -2.42. The van der Waals surface area contributed by atoms with Crippen LogP contribution in [-0.4, -0.2) is 10.7 Å². The van der Waals surface area contributed by atoms with Gasteiger partial charge in [0, 0.05) is 5.92 Å².